The molecule has 5 heterocycles. The van der Waals surface area contributed by atoms with Crippen molar-refractivity contribution in [1.29, 1.82) is 5.26 Å². The summed E-state index contributed by atoms with van der Waals surface area (Å²) in [5.41, 5.74) is 8.68. The molecule has 206 valence electrons. The molecule has 1 saturated heterocycles. The number of rotatable bonds is 6. The molecule has 4 aromatic heterocycles. The number of nitrogens with one attached hydrogen (secondary N) is 1. The van der Waals surface area contributed by atoms with Gasteiger partial charge in [-0.3, -0.25) is 14.4 Å². The van der Waals surface area contributed by atoms with E-state index in [2.05, 4.69) is 73.6 Å². The van der Waals surface area contributed by atoms with Crippen LogP contribution in [-0.4, -0.2) is 47.5 Å². The Morgan fingerprint density at radius 1 is 0.905 bits per heavy atom. The van der Waals surface area contributed by atoms with E-state index in [-0.39, 0.29) is 0 Å². The first-order valence-corrected chi connectivity index (χ1v) is 14.3. The normalized spacial score (nSPS) is 14.3. The highest BCUT2D eigenvalue weighted by molar-refractivity contribution is 5.83. The number of aryl methyl sites for hydroxylation is 1. The van der Waals surface area contributed by atoms with Gasteiger partial charge in [0.25, 0.3) is 0 Å². The lowest BCUT2D eigenvalue weighted by atomic mass is 9.95. The second kappa shape index (κ2) is 11.0. The Hall–Kier alpha value is -5.13. The zero-order valence-electron chi connectivity index (χ0n) is 23.4. The van der Waals surface area contributed by atoms with Crippen molar-refractivity contribution in [2.75, 3.05) is 13.1 Å². The van der Waals surface area contributed by atoms with Gasteiger partial charge in [-0.25, -0.2) is 15.0 Å². The number of nitrogens with zero attached hydrogens (tertiary/aromatic N) is 7. The molecule has 2 aromatic carbocycles. The fourth-order valence-corrected chi connectivity index (χ4v) is 5.91. The van der Waals surface area contributed by atoms with Crippen molar-refractivity contribution in [3.8, 4) is 40.0 Å². The Kier molecular flexibility index (Phi) is 6.78. The van der Waals surface area contributed by atoms with Gasteiger partial charge in [-0.1, -0.05) is 54.6 Å². The Balaban J connectivity index is 1.03. The molecule has 0 amide bonds. The van der Waals surface area contributed by atoms with E-state index in [0.717, 1.165) is 72.1 Å². The van der Waals surface area contributed by atoms with Crippen LogP contribution >= 0.6 is 0 Å². The molecule has 8 nitrogen and oxygen atoms in total. The fourth-order valence-electron chi connectivity index (χ4n) is 5.91. The number of fused-ring (bicyclic) bond motifs is 1. The lowest BCUT2D eigenvalue weighted by molar-refractivity contribution is 0.202. The van der Waals surface area contributed by atoms with Gasteiger partial charge in [0.2, 0.25) is 0 Å². The SMILES string of the molecule is Cc1cccc(-c2n[nH]c(C3CCN(Cc4ccc(-c5ccccc5-c5cnc6c(C#N)cccn56)cc4)CC3)n2)n1. The van der Waals surface area contributed by atoms with E-state index in [4.69, 9.17) is 4.98 Å². The summed E-state index contributed by atoms with van der Waals surface area (Å²) in [5, 5.41) is 17.1. The summed E-state index contributed by atoms with van der Waals surface area (Å²) in [5.74, 6) is 2.02. The molecule has 0 bridgehead atoms. The van der Waals surface area contributed by atoms with Crippen LogP contribution in [0.15, 0.2) is 91.3 Å². The monoisotopic (exact) mass is 550 g/mol. The summed E-state index contributed by atoms with van der Waals surface area (Å²) in [7, 11) is 0. The third-order valence-corrected chi connectivity index (χ3v) is 8.12. The van der Waals surface area contributed by atoms with E-state index >= 15 is 0 Å². The summed E-state index contributed by atoms with van der Waals surface area (Å²) in [6.45, 7) is 4.95. The molecule has 7 rings (SSSR count). The Morgan fingerprint density at radius 2 is 1.71 bits per heavy atom. The van der Waals surface area contributed by atoms with E-state index in [1.54, 1.807) is 6.07 Å². The quantitative estimate of drug-likeness (QED) is 0.257. The predicted octanol–water partition coefficient (Wildman–Crippen LogP) is 6.41. The van der Waals surface area contributed by atoms with E-state index < -0.39 is 0 Å². The third-order valence-electron chi connectivity index (χ3n) is 8.12. The lowest BCUT2D eigenvalue weighted by Gasteiger charge is -2.31. The molecule has 1 aliphatic rings. The zero-order chi connectivity index (χ0) is 28.5. The molecular formula is C34H30N8. The van der Waals surface area contributed by atoms with Crippen LogP contribution in [0.25, 0.3) is 39.5 Å². The standard InChI is InChI=1S/C34H30N8/c1-23-6-4-10-30(37-23)33-38-32(39-40-33)26-15-18-41(19-16-26)22-24-11-13-25(14-12-24)28-8-2-3-9-29(28)31-21-36-34-27(20-35)7-5-17-42(31)34/h2-14,17,21,26H,15-16,18-19,22H2,1H3,(H,38,39,40). The van der Waals surface area contributed by atoms with Gasteiger partial charge in [-0.05, 0) is 73.8 Å². The molecule has 0 aliphatic carbocycles. The van der Waals surface area contributed by atoms with Crippen LogP contribution in [-0.2, 0) is 6.54 Å². The van der Waals surface area contributed by atoms with Crippen molar-refractivity contribution in [2.24, 2.45) is 0 Å². The maximum atomic E-state index is 9.49. The number of aromatic nitrogens is 6. The van der Waals surface area contributed by atoms with E-state index in [1.165, 1.54) is 5.56 Å². The van der Waals surface area contributed by atoms with Crippen LogP contribution in [0, 0.1) is 18.3 Å². The van der Waals surface area contributed by atoms with Gasteiger partial charge in [0.1, 0.15) is 17.6 Å². The van der Waals surface area contributed by atoms with Crippen LogP contribution in [0.4, 0.5) is 0 Å². The summed E-state index contributed by atoms with van der Waals surface area (Å²) < 4.78 is 1.99. The average Bonchev–Trinajstić information content (AvgIpc) is 3.70. The maximum absolute atomic E-state index is 9.49. The summed E-state index contributed by atoms with van der Waals surface area (Å²) in [6.07, 6.45) is 5.92. The first kappa shape index (κ1) is 25.8. The highest BCUT2D eigenvalue weighted by atomic mass is 15.2. The van der Waals surface area contributed by atoms with Crippen molar-refractivity contribution in [2.45, 2.75) is 32.2 Å². The number of piperidine rings is 1. The highest BCUT2D eigenvalue weighted by Crippen LogP contribution is 2.33. The van der Waals surface area contributed by atoms with Gasteiger partial charge in [0.05, 0.1) is 17.5 Å². The van der Waals surface area contributed by atoms with Crippen LogP contribution in [0.1, 0.15) is 41.4 Å². The summed E-state index contributed by atoms with van der Waals surface area (Å²) in [6, 6.07) is 29.1. The first-order valence-electron chi connectivity index (χ1n) is 14.3. The Morgan fingerprint density at radius 3 is 2.50 bits per heavy atom. The minimum atomic E-state index is 0.384. The van der Waals surface area contributed by atoms with E-state index in [0.29, 0.717) is 23.0 Å². The van der Waals surface area contributed by atoms with Gasteiger partial charge in [0, 0.05) is 29.9 Å². The number of aromatic amines is 1. The first-order chi connectivity index (χ1) is 20.7. The van der Waals surface area contributed by atoms with Crippen LogP contribution in [0.2, 0.25) is 0 Å². The van der Waals surface area contributed by atoms with Crippen LogP contribution in [0.5, 0.6) is 0 Å². The Labute approximate surface area is 244 Å². The number of H-pyrrole nitrogens is 1. The van der Waals surface area contributed by atoms with Crippen molar-refractivity contribution >= 4 is 5.65 Å². The molecule has 0 spiro atoms. The molecule has 0 atom stereocenters. The second-order valence-electron chi connectivity index (χ2n) is 10.9. The molecule has 1 fully saturated rings. The molecule has 1 aliphatic heterocycles. The average molecular weight is 551 g/mol. The number of nitriles is 1. The zero-order valence-corrected chi connectivity index (χ0v) is 23.4. The Bertz CT molecular complexity index is 1900. The van der Waals surface area contributed by atoms with E-state index in [9.17, 15) is 5.26 Å². The molecular weight excluding hydrogens is 520 g/mol. The number of pyridine rings is 2. The summed E-state index contributed by atoms with van der Waals surface area (Å²) >= 11 is 0. The largest absolute Gasteiger partial charge is 0.299 e. The van der Waals surface area contributed by atoms with Gasteiger partial charge in [0.15, 0.2) is 11.5 Å². The molecule has 42 heavy (non-hydrogen) atoms. The third kappa shape index (κ3) is 4.95. The van der Waals surface area contributed by atoms with Crippen molar-refractivity contribution in [3.63, 3.8) is 0 Å². The van der Waals surface area contributed by atoms with Crippen LogP contribution < -0.4 is 0 Å². The lowest BCUT2D eigenvalue weighted by Crippen LogP contribution is -2.32. The number of likely N-dealkylation sites (tertiary alicyclic amines) is 1. The number of imidazole rings is 1. The van der Waals surface area contributed by atoms with Crippen molar-refractivity contribution < 1.29 is 0 Å². The molecule has 8 heteroatoms. The van der Waals surface area contributed by atoms with Crippen LogP contribution in [0.3, 0.4) is 0 Å². The van der Waals surface area contributed by atoms with Gasteiger partial charge >= 0.3 is 0 Å². The minimum absolute atomic E-state index is 0.384. The van der Waals surface area contributed by atoms with Crippen molar-refractivity contribution in [3.05, 3.63) is 114 Å². The molecule has 6 aromatic rings. The van der Waals surface area contributed by atoms with Crippen molar-refractivity contribution in [1.82, 2.24) is 34.4 Å². The topological polar surface area (TPSA) is 98.8 Å². The molecule has 1 N–H and O–H groups in total. The van der Waals surface area contributed by atoms with Gasteiger partial charge in [-0.15, -0.1) is 0 Å². The number of benzene rings is 2. The maximum Gasteiger partial charge on any atom is 0.199 e. The summed E-state index contributed by atoms with van der Waals surface area (Å²) in [4.78, 5) is 16.4. The van der Waals surface area contributed by atoms with E-state index in [1.807, 2.05) is 54.0 Å². The predicted molar refractivity (Wildman–Crippen MR) is 162 cm³/mol. The minimum Gasteiger partial charge on any atom is -0.299 e. The molecule has 0 unspecified atom stereocenters. The highest BCUT2D eigenvalue weighted by Gasteiger charge is 2.24. The molecule has 0 saturated carbocycles. The number of hydrogen-bond acceptors (Lipinski definition) is 6. The van der Waals surface area contributed by atoms with Gasteiger partial charge in [-0.2, -0.15) is 10.4 Å². The second-order valence-corrected chi connectivity index (χ2v) is 10.9. The fraction of sp³-hybridized carbons (Fsp3) is 0.206. The van der Waals surface area contributed by atoms with Gasteiger partial charge < -0.3 is 0 Å². The smallest absolute Gasteiger partial charge is 0.199 e. The molecule has 0 radical (unpaired) electrons. The number of hydrogen-bond donors (Lipinski definition) is 1.